The number of carboxylic acid groups (broad SMARTS) is 1. The molecule has 1 N–H and O–H groups in total. The molecule has 0 aliphatic rings. The van der Waals surface area contributed by atoms with Gasteiger partial charge in [-0.3, -0.25) is 9.36 Å². The van der Waals surface area contributed by atoms with Crippen molar-refractivity contribution in [3.63, 3.8) is 0 Å². The Labute approximate surface area is 130 Å². The number of aliphatic carboxylic acids is 1. The van der Waals surface area contributed by atoms with E-state index in [9.17, 15) is 9.59 Å². The van der Waals surface area contributed by atoms with Gasteiger partial charge in [0.05, 0.1) is 13.0 Å². The van der Waals surface area contributed by atoms with Crippen molar-refractivity contribution >= 4 is 21.9 Å². The van der Waals surface area contributed by atoms with Crippen molar-refractivity contribution in [3.05, 3.63) is 61.7 Å². The van der Waals surface area contributed by atoms with Crippen LogP contribution in [0.15, 0.2) is 33.5 Å². The second kappa shape index (κ2) is 6.22. The molecular formula is C15H15BrN2O3. The van der Waals surface area contributed by atoms with Crippen molar-refractivity contribution in [2.75, 3.05) is 0 Å². The summed E-state index contributed by atoms with van der Waals surface area (Å²) in [6, 6.07) is 7.62. The fraction of sp³-hybridized carbons (Fsp3) is 0.267. The zero-order valence-corrected chi connectivity index (χ0v) is 13.3. The molecule has 2 rings (SSSR count). The minimum atomic E-state index is -0.935. The van der Waals surface area contributed by atoms with Crippen LogP contribution in [0, 0.1) is 13.8 Å². The van der Waals surface area contributed by atoms with Crippen LogP contribution in [-0.2, 0) is 17.8 Å². The largest absolute Gasteiger partial charge is 0.481 e. The number of benzene rings is 1. The van der Waals surface area contributed by atoms with E-state index in [1.54, 1.807) is 13.8 Å². The number of aromatic nitrogens is 2. The van der Waals surface area contributed by atoms with Gasteiger partial charge in [-0.1, -0.05) is 28.1 Å². The van der Waals surface area contributed by atoms with Gasteiger partial charge in [0.25, 0.3) is 0 Å². The molecule has 1 aromatic heterocycles. The lowest BCUT2D eigenvalue weighted by molar-refractivity contribution is -0.136. The molecule has 0 saturated carbocycles. The summed E-state index contributed by atoms with van der Waals surface area (Å²) in [5.41, 5.74) is 2.30. The van der Waals surface area contributed by atoms with Crippen LogP contribution in [0.1, 0.15) is 22.5 Å². The average molecular weight is 351 g/mol. The summed E-state index contributed by atoms with van der Waals surface area (Å²) in [6.45, 7) is 3.78. The molecular weight excluding hydrogens is 336 g/mol. The molecule has 110 valence electrons. The monoisotopic (exact) mass is 350 g/mol. The molecule has 5 nitrogen and oxygen atoms in total. The number of halogens is 1. The van der Waals surface area contributed by atoms with E-state index < -0.39 is 5.97 Å². The molecule has 0 spiro atoms. The van der Waals surface area contributed by atoms with Gasteiger partial charge in [0.15, 0.2) is 0 Å². The highest BCUT2D eigenvalue weighted by molar-refractivity contribution is 9.10. The SMILES string of the molecule is Cc1nc(=O)n(Cc2cccc(Br)c2)c(C)c1CC(=O)O. The van der Waals surface area contributed by atoms with Gasteiger partial charge in [0.1, 0.15) is 0 Å². The van der Waals surface area contributed by atoms with Crippen LogP contribution in [0.2, 0.25) is 0 Å². The summed E-state index contributed by atoms with van der Waals surface area (Å²) in [5, 5.41) is 8.98. The van der Waals surface area contributed by atoms with E-state index in [2.05, 4.69) is 20.9 Å². The molecule has 0 aliphatic heterocycles. The van der Waals surface area contributed by atoms with E-state index in [4.69, 9.17) is 5.11 Å². The van der Waals surface area contributed by atoms with Crippen LogP contribution in [0.5, 0.6) is 0 Å². The van der Waals surface area contributed by atoms with E-state index in [0.29, 0.717) is 23.5 Å². The zero-order chi connectivity index (χ0) is 15.6. The first-order valence-corrected chi connectivity index (χ1v) is 7.21. The molecule has 0 unspecified atom stereocenters. The maximum Gasteiger partial charge on any atom is 0.348 e. The molecule has 6 heteroatoms. The van der Waals surface area contributed by atoms with Gasteiger partial charge >= 0.3 is 11.7 Å². The number of aryl methyl sites for hydroxylation is 1. The van der Waals surface area contributed by atoms with Crippen LogP contribution in [0.25, 0.3) is 0 Å². The quantitative estimate of drug-likeness (QED) is 0.918. The second-order valence-electron chi connectivity index (χ2n) is 4.83. The number of hydrogen-bond acceptors (Lipinski definition) is 3. The molecule has 1 heterocycles. The standard InChI is InChI=1S/C15H15BrN2O3/c1-9-13(7-14(19)20)10(2)18(15(21)17-9)8-11-4-3-5-12(16)6-11/h3-6H,7-8H2,1-2H3,(H,19,20). The number of carbonyl (C=O) groups is 1. The predicted octanol–water partition coefficient (Wildman–Crippen LogP) is 2.30. The molecule has 0 radical (unpaired) electrons. The molecule has 0 saturated heterocycles. The minimum absolute atomic E-state index is 0.135. The molecule has 2 aromatic rings. The second-order valence-corrected chi connectivity index (χ2v) is 5.75. The Morgan fingerprint density at radius 3 is 2.71 bits per heavy atom. The van der Waals surface area contributed by atoms with Gasteiger partial charge in [-0.2, -0.15) is 4.98 Å². The van der Waals surface area contributed by atoms with E-state index in [0.717, 1.165) is 10.0 Å². The van der Waals surface area contributed by atoms with Gasteiger partial charge in [-0.25, -0.2) is 4.79 Å². The first-order valence-electron chi connectivity index (χ1n) is 6.41. The first kappa shape index (κ1) is 15.4. The van der Waals surface area contributed by atoms with Crippen LogP contribution < -0.4 is 5.69 Å². The normalized spacial score (nSPS) is 10.6. The number of carboxylic acids is 1. The van der Waals surface area contributed by atoms with Crippen molar-refractivity contribution in [1.29, 1.82) is 0 Å². The van der Waals surface area contributed by atoms with Crippen molar-refractivity contribution in [2.24, 2.45) is 0 Å². The summed E-state index contributed by atoms with van der Waals surface area (Å²) in [5.74, 6) is -0.935. The lowest BCUT2D eigenvalue weighted by Gasteiger charge is -2.14. The summed E-state index contributed by atoms with van der Waals surface area (Å²) < 4.78 is 2.43. The summed E-state index contributed by atoms with van der Waals surface area (Å²) in [6.07, 6.45) is -0.135. The number of hydrogen-bond donors (Lipinski definition) is 1. The van der Waals surface area contributed by atoms with Crippen LogP contribution in [0.3, 0.4) is 0 Å². The topological polar surface area (TPSA) is 72.2 Å². The molecule has 0 fully saturated rings. The maximum atomic E-state index is 12.1. The third-order valence-electron chi connectivity index (χ3n) is 3.33. The van der Waals surface area contributed by atoms with Gasteiger partial charge in [-0.15, -0.1) is 0 Å². The molecule has 0 atom stereocenters. The third kappa shape index (κ3) is 3.58. The van der Waals surface area contributed by atoms with Crippen molar-refractivity contribution in [3.8, 4) is 0 Å². The first-order chi connectivity index (χ1) is 9.88. The Morgan fingerprint density at radius 2 is 2.10 bits per heavy atom. The summed E-state index contributed by atoms with van der Waals surface area (Å²) in [4.78, 5) is 27.0. The highest BCUT2D eigenvalue weighted by Gasteiger charge is 2.14. The zero-order valence-electron chi connectivity index (χ0n) is 11.8. The lowest BCUT2D eigenvalue weighted by Crippen LogP contribution is -2.28. The van der Waals surface area contributed by atoms with Gasteiger partial charge < -0.3 is 5.11 Å². The third-order valence-corrected chi connectivity index (χ3v) is 3.82. The molecule has 21 heavy (non-hydrogen) atoms. The van der Waals surface area contributed by atoms with Crippen molar-refractivity contribution in [2.45, 2.75) is 26.8 Å². The molecule has 1 aromatic carbocycles. The Hall–Kier alpha value is -1.95. The smallest absolute Gasteiger partial charge is 0.348 e. The molecule has 0 amide bonds. The number of rotatable bonds is 4. The van der Waals surface area contributed by atoms with Gasteiger partial charge in [0.2, 0.25) is 0 Å². The predicted molar refractivity (Wildman–Crippen MR) is 82.6 cm³/mol. The Balaban J connectivity index is 2.48. The fourth-order valence-electron chi connectivity index (χ4n) is 2.25. The van der Waals surface area contributed by atoms with Crippen molar-refractivity contribution in [1.82, 2.24) is 9.55 Å². The van der Waals surface area contributed by atoms with E-state index in [1.807, 2.05) is 24.3 Å². The van der Waals surface area contributed by atoms with Crippen LogP contribution in [0.4, 0.5) is 0 Å². The van der Waals surface area contributed by atoms with E-state index in [-0.39, 0.29) is 12.1 Å². The lowest BCUT2D eigenvalue weighted by atomic mass is 10.1. The maximum absolute atomic E-state index is 12.1. The summed E-state index contributed by atoms with van der Waals surface area (Å²) >= 11 is 3.39. The summed E-state index contributed by atoms with van der Waals surface area (Å²) in [7, 11) is 0. The van der Waals surface area contributed by atoms with Gasteiger partial charge in [0, 0.05) is 21.4 Å². The fourth-order valence-corrected chi connectivity index (χ4v) is 2.70. The Bertz CT molecular complexity index is 753. The van der Waals surface area contributed by atoms with Crippen LogP contribution >= 0.6 is 15.9 Å². The highest BCUT2D eigenvalue weighted by Crippen LogP contribution is 2.15. The number of nitrogens with zero attached hydrogens (tertiary/aromatic N) is 2. The Kier molecular flexibility index (Phi) is 4.57. The van der Waals surface area contributed by atoms with Gasteiger partial charge in [-0.05, 0) is 31.5 Å². The van der Waals surface area contributed by atoms with Crippen LogP contribution in [-0.4, -0.2) is 20.6 Å². The Morgan fingerprint density at radius 1 is 1.38 bits per heavy atom. The molecule has 0 bridgehead atoms. The minimum Gasteiger partial charge on any atom is -0.481 e. The van der Waals surface area contributed by atoms with E-state index in [1.165, 1.54) is 4.57 Å². The molecule has 0 aliphatic carbocycles. The van der Waals surface area contributed by atoms with E-state index >= 15 is 0 Å². The van der Waals surface area contributed by atoms with Crippen molar-refractivity contribution < 1.29 is 9.90 Å². The average Bonchev–Trinajstić information content (AvgIpc) is 2.39. The highest BCUT2D eigenvalue weighted by atomic mass is 79.9.